The van der Waals surface area contributed by atoms with E-state index in [4.69, 9.17) is 0 Å². The number of aliphatic hydroxyl groups excluding tert-OH is 2. The standard InChI is InChI=1S/C10H14O2/c1-7(11)9-3-5-10(6-4-9)8(2)12/h3-8,11-12H,1-2H3/t7-,8+. The largest absolute Gasteiger partial charge is 0.389 e. The van der Waals surface area contributed by atoms with Crippen molar-refractivity contribution in [3.05, 3.63) is 35.4 Å². The van der Waals surface area contributed by atoms with Crippen LogP contribution >= 0.6 is 0 Å². The molecule has 2 nitrogen and oxygen atoms in total. The number of aliphatic hydroxyl groups is 2. The third-order valence-corrected chi connectivity index (χ3v) is 1.90. The molecule has 2 N–H and O–H groups in total. The van der Waals surface area contributed by atoms with E-state index in [1.54, 1.807) is 13.8 Å². The van der Waals surface area contributed by atoms with Gasteiger partial charge in [-0.1, -0.05) is 24.3 Å². The molecule has 1 aromatic rings. The molecule has 1 aromatic carbocycles. The van der Waals surface area contributed by atoms with E-state index in [1.165, 1.54) is 0 Å². The molecule has 0 aromatic heterocycles. The zero-order chi connectivity index (χ0) is 9.14. The van der Waals surface area contributed by atoms with Crippen LogP contribution in [0.5, 0.6) is 0 Å². The maximum absolute atomic E-state index is 9.19. The molecular weight excluding hydrogens is 152 g/mol. The van der Waals surface area contributed by atoms with E-state index in [1.807, 2.05) is 24.3 Å². The lowest BCUT2D eigenvalue weighted by Gasteiger charge is -2.07. The van der Waals surface area contributed by atoms with Gasteiger partial charge in [-0.05, 0) is 25.0 Å². The first-order valence-electron chi connectivity index (χ1n) is 4.07. The van der Waals surface area contributed by atoms with E-state index >= 15 is 0 Å². The van der Waals surface area contributed by atoms with Crippen molar-refractivity contribution in [3.8, 4) is 0 Å². The van der Waals surface area contributed by atoms with E-state index in [-0.39, 0.29) is 0 Å². The number of rotatable bonds is 2. The van der Waals surface area contributed by atoms with Gasteiger partial charge in [0.2, 0.25) is 0 Å². The van der Waals surface area contributed by atoms with E-state index in [0.717, 1.165) is 11.1 Å². The van der Waals surface area contributed by atoms with Gasteiger partial charge in [0.25, 0.3) is 0 Å². The van der Waals surface area contributed by atoms with Gasteiger partial charge in [0.05, 0.1) is 12.2 Å². The van der Waals surface area contributed by atoms with Gasteiger partial charge in [-0.3, -0.25) is 0 Å². The van der Waals surface area contributed by atoms with Crippen molar-refractivity contribution in [2.24, 2.45) is 0 Å². The Hall–Kier alpha value is -0.860. The molecule has 1 rings (SSSR count). The Labute approximate surface area is 72.5 Å². The Morgan fingerprint density at radius 3 is 1.25 bits per heavy atom. The maximum Gasteiger partial charge on any atom is 0.0761 e. The van der Waals surface area contributed by atoms with E-state index in [9.17, 15) is 10.2 Å². The van der Waals surface area contributed by atoms with E-state index in [0.29, 0.717) is 0 Å². The summed E-state index contributed by atoms with van der Waals surface area (Å²) < 4.78 is 0. The Balaban J connectivity index is 2.86. The summed E-state index contributed by atoms with van der Waals surface area (Å²) in [6, 6.07) is 7.30. The lowest BCUT2D eigenvalue weighted by Crippen LogP contribution is -1.94. The second kappa shape index (κ2) is 3.70. The van der Waals surface area contributed by atoms with Crippen molar-refractivity contribution >= 4 is 0 Å². The van der Waals surface area contributed by atoms with Gasteiger partial charge in [-0.15, -0.1) is 0 Å². The highest BCUT2D eigenvalue weighted by molar-refractivity contribution is 5.24. The summed E-state index contributed by atoms with van der Waals surface area (Å²) in [5, 5.41) is 18.4. The predicted molar refractivity (Wildman–Crippen MR) is 47.7 cm³/mol. The minimum absolute atomic E-state index is 0.437. The molecule has 66 valence electrons. The molecule has 0 amide bonds. The fourth-order valence-electron chi connectivity index (χ4n) is 1.05. The summed E-state index contributed by atoms with van der Waals surface area (Å²) in [6.07, 6.45) is -0.874. The van der Waals surface area contributed by atoms with Crippen molar-refractivity contribution < 1.29 is 10.2 Å². The lowest BCUT2D eigenvalue weighted by molar-refractivity contribution is 0.195. The number of hydrogen-bond donors (Lipinski definition) is 2. The Morgan fingerprint density at radius 2 is 1.08 bits per heavy atom. The predicted octanol–water partition coefficient (Wildman–Crippen LogP) is 1.79. The summed E-state index contributed by atoms with van der Waals surface area (Å²) in [4.78, 5) is 0. The van der Waals surface area contributed by atoms with Crippen molar-refractivity contribution in [2.75, 3.05) is 0 Å². The van der Waals surface area contributed by atoms with Crippen LogP contribution in [0.2, 0.25) is 0 Å². The zero-order valence-electron chi connectivity index (χ0n) is 7.36. The maximum atomic E-state index is 9.19. The van der Waals surface area contributed by atoms with Crippen molar-refractivity contribution in [1.29, 1.82) is 0 Å². The molecule has 0 aliphatic heterocycles. The fraction of sp³-hybridized carbons (Fsp3) is 0.400. The van der Waals surface area contributed by atoms with E-state index < -0.39 is 12.2 Å². The van der Waals surface area contributed by atoms with Crippen LogP contribution in [0.4, 0.5) is 0 Å². The third-order valence-electron chi connectivity index (χ3n) is 1.90. The summed E-state index contributed by atoms with van der Waals surface area (Å²) in [7, 11) is 0. The van der Waals surface area contributed by atoms with Gasteiger partial charge in [0.15, 0.2) is 0 Å². The molecule has 0 spiro atoms. The number of hydrogen-bond acceptors (Lipinski definition) is 2. The van der Waals surface area contributed by atoms with Crippen LogP contribution in [-0.4, -0.2) is 10.2 Å². The van der Waals surface area contributed by atoms with Crippen LogP contribution in [0.25, 0.3) is 0 Å². The lowest BCUT2D eigenvalue weighted by atomic mass is 10.1. The van der Waals surface area contributed by atoms with Crippen LogP contribution in [0.15, 0.2) is 24.3 Å². The normalized spacial score (nSPS) is 15.7. The topological polar surface area (TPSA) is 40.5 Å². The van der Waals surface area contributed by atoms with Crippen molar-refractivity contribution in [1.82, 2.24) is 0 Å². The molecule has 0 saturated heterocycles. The molecule has 2 atom stereocenters. The van der Waals surface area contributed by atoms with Gasteiger partial charge in [0.1, 0.15) is 0 Å². The van der Waals surface area contributed by atoms with Crippen LogP contribution in [0.1, 0.15) is 37.2 Å². The third kappa shape index (κ3) is 2.06. The number of benzene rings is 1. The van der Waals surface area contributed by atoms with Crippen LogP contribution in [0.3, 0.4) is 0 Å². The first-order chi connectivity index (χ1) is 5.61. The molecule has 0 fully saturated rings. The molecule has 0 unspecified atom stereocenters. The van der Waals surface area contributed by atoms with Gasteiger partial charge >= 0.3 is 0 Å². The first-order valence-corrected chi connectivity index (χ1v) is 4.07. The average molecular weight is 166 g/mol. The minimum atomic E-state index is -0.437. The summed E-state index contributed by atoms with van der Waals surface area (Å²) in [5.41, 5.74) is 1.75. The monoisotopic (exact) mass is 166 g/mol. The molecule has 2 heteroatoms. The summed E-state index contributed by atoms with van der Waals surface area (Å²) in [6.45, 7) is 3.44. The fourth-order valence-corrected chi connectivity index (χ4v) is 1.05. The van der Waals surface area contributed by atoms with Gasteiger partial charge < -0.3 is 10.2 Å². The molecule has 12 heavy (non-hydrogen) atoms. The van der Waals surface area contributed by atoms with Crippen LogP contribution < -0.4 is 0 Å². The summed E-state index contributed by atoms with van der Waals surface area (Å²) >= 11 is 0. The Morgan fingerprint density at radius 1 is 0.833 bits per heavy atom. The van der Waals surface area contributed by atoms with Gasteiger partial charge in [-0.2, -0.15) is 0 Å². The minimum Gasteiger partial charge on any atom is -0.389 e. The highest BCUT2D eigenvalue weighted by atomic mass is 16.3. The zero-order valence-corrected chi connectivity index (χ0v) is 7.36. The van der Waals surface area contributed by atoms with Gasteiger partial charge in [-0.25, -0.2) is 0 Å². The molecule has 0 bridgehead atoms. The van der Waals surface area contributed by atoms with Crippen molar-refractivity contribution in [2.45, 2.75) is 26.1 Å². The molecular formula is C10H14O2. The second-order valence-electron chi connectivity index (χ2n) is 3.02. The van der Waals surface area contributed by atoms with Crippen LogP contribution in [0, 0.1) is 0 Å². The molecule has 0 aliphatic carbocycles. The second-order valence-corrected chi connectivity index (χ2v) is 3.02. The molecule has 0 saturated carbocycles. The molecule has 0 heterocycles. The van der Waals surface area contributed by atoms with E-state index in [2.05, 4.69) is 0 Å². The highest BCUT2D eigenvalue weighted by Gasteiger charge is 2.02. The molecule has 0 radical (unpaired) electrons. The Kier molecular flexibility index (Phi) is 2.84. The summed E-state index contributed by atoms with van der Waals surface area (Å²) in [5.74, 6) is 0. The van der Waals surface area contributed by atoms with Gasteiger partial charge in [0, 0.05) is 0 Å². The highest BCUT2D eigenvalue weighted by Crippen LogP contribution is 2.16. The Bertz CT molecular complexity index is 210. The SMILES string of the molecule is C[C@H](O)c1ccc([C@@H](C)O)cc1. The van der Waals surface area contributed by atoms with Crippen LogP contribution in [-0.2, 0) is 0 Å². The molecule has 0 aliphatic rings. The quantitative estimate of drug-likeness (QED) is 0.703. The first kappa shape index (κ1) is 9.23. The smallest absolute Gasteiger partial charge is 0.0761 e. The van der Waals surface area contributed by atoms with Crippen molar-refractivity contribution in [3.63, 3.8) is 0 Å². The average Bonchev–Trinajstić information content (AvgIpc) is 2.04.